The lowest BCUT2D eigenvalue weighted by atomic mass is 10.0. The first-order valence-electron chi connectivity index (χ1n) is 39.7. The van der Waals surface area contributed by atoms with Crippen molar-refractivity contribution in [3.05, 3.63) is 146 Å². The molecule has 95 heavy (non-hydrogen) atoms. The van der Waals surface area contributed by atoms with Gasteiger partial charge in [-0.15, -0.1) is 0 Å². The number of phosphoric ester groups is 1. The van der Waals surface area contributed by atoms with Crippen molar-refractivity contribution in [2.45, 2.75) is 353 Å². The van der Waals surface area contributed by atoms with Crippen molar-refractivity contribution in [1.82, 2.24) is 5.32 Å². The number of nitrogens with one attached hydrogen (secondary N) is 1. The van der Waals surface area contributed by atoms with E-state index in [0.29, 0.717) is 17.4 Å². The molecule has 0 saturated carbocycles. The second-order valence-electron chi connectivity index (χ2n) is 27.7. The molecule has 0 heterocycles. The summed E-state index contributed by atoms with van der Waals surface area (Å²) in [6.07, 6.45) is 115. The van der Waals surface area contributed by atoms with E-state index >= 15 is 0 Å². The predicted molar refractivity (Wildman–Crippen MR) is 419 cm³/mol. The molecule has 9 heteroatoms. The highest BCUT2D eigenvalue weighted by Crippen LogP contribution is 2.43. The topological polar surface area (TPSA) is 105 Å². The minimum Gasteiger partial charge on any atom is -0.387 e. The molecule has 1 amide bonds. The molecule has 0 aromatic rings. The highest BCUT2D eigenvalue weighted by Gasteiger charge is 2.28. The summed E-state index contributed by atoms with van der Waals surface area (Å²) in [6, 6.07) is -0.865. The van der Waals surface area contributed by atoms with Gasteiger partial charge >= 0.3 is 7.82 Å². The number of allylic oxidation sites excluding steroid dienone is 23. The fourth-order valence-corrected chi connectivity index (χ4v) is 12.0. The molecular weight excluding hydrogens is 1190 g/mol. The lowest BCUT2D eigenvalue weighted by Crippen LogP contribution is -2.45. The highest BCUT2D eigenvalue weighted by molar-refractivity contribution is 7.47. The number of amides is 1. The smallest absolute Gasteiger partial charge is 0.387 e. The number of aliphatic hydroxyl groups excluding tert-OH is 1. The van der Waals surface area contributed by atoms with E-state index in [1.54, 1.807) is 6.08 Å². The summed E-state index contributed by atoms with van der Waals surface area (Å²) in [6.45, 7) is 4.72. The standard InChI is InChI=1S/C86H151N2O6P/c1-6-8-10-12-14-16-18-20-22-24-26-28-30-32-34-36-38-40-41-42-43-44-45-46-47-48-50-52-54-56-58-60-62-64-66-68-70-72-74-76-78-80-86(90)87-84(83-94-95(91,92)93-82-81-88(3,4)5)85(89)79-77-75-73-71-69-67-65-63-61-59-57-55-53-51-49-39-37-35-33-31-29-27-25-23-21-19-17-15-13-11-9-7-2/h8,10,14,16,20,22,26,28,32,34,38,40,42-43,45-46,48,50,54,56,60,62,77,79,84-85,89H,6-7,9,11-13,15,17-19,21,23-25,27,29-31,33,35-37,39,41,44,47,49,51-53,55,57-59,61,63-76,78,80-83H2,1-5H3,(H-,87,90,91,92)/p+1/b10-8-,16-14-,22-20-,28-26-,34-32-,40-38-,43-42-,46-45-,50-48-,56-54-,62-60-,79-77+. The number of likely N-dealkylation sites (N-methyl/N-ethyl adjacent to an activating group) is 1. The van der Waals surface area contributed by atoms with Gasteiger partial charge in [-0.05, 0) is 103 Å². The fourth-order valence-electron chi connectivity index (χ4n) is 11.2. The normalized spacial score (nSPS) is 14.3. The molecule has 0 fully saturated rings. The summed E-state index contributed by atoms with van der Waals surface area (Å²) < 4.78 is 23.9. The molecular formula is C86H152N2O6P+. The minimum atomic E-state index is -4.37. The molecule has 0 aromatic heterocycles. The van der Waals surface area contributed by atoms with Crippen LogP contribution in [-0.4, -0.2) is 73.4 Å². The lowest BCUT2D eigenvalue weighted by Gasteiger charge is -2.25. The van der Waals surface area contributed by atoms with E-state index in [9.17, 15) is 19.4 Å². The van der Waals surface area contributed by atoms with Gasteiger partial charge in [-0.3, -0.25) is 13.8 Å². The van der Waals surface area contributed by atoms with Gasteiger partial charge in [-0.25, -0.2) is 4.57 Å². The number of aliphatic hydroxyl groups is 1. The van der Waals surface area contributed by atoms with Crippen LogP contribution in [0.15, 0.2) is 146 Å². The van der Waals surface area contributed by atoms with Gasteiger partial charge in [-0.1, -0.05) is 378 Å². The maximum absolute atomic E-state index is 13.1. The molecule has 0 bridgehead atoms. The quantitative estimate of drug-likeness (QED) is 0.0243. The van der Waals surface area contributed by atoms with Crippen LogP contribution in [0.3, 0.4) is 0 Å². The summed E-state index contributed by atoms with van der Waals surface area (Å²) in [5, 5.41) is 14.0. The molecule has 0 aliphatic carbocycles. The Balaban J connectivity index is 4.10. The Morgan fingerprint density at radius 3 is 0.926 bits per heavy atom. The van der Waals surface area contributed by atoms with Crippen molar-refractivity contribution in [2.24, 2.45) is 0 Å². The van der Waals surface area contributed by atoms with E-state index < -0.39 is 20.0 Å². The average molecular weight is 1340 g/mol. The van der Waals surface area contributed by atoms with Crippen LogP contribution in [0.1, 0.15) is 341 Å². The molecule has 0 saturated heterocycles. The Morgan fingerprint density at radius 1 is 0.368 bits per heavy atom. The monoisotopic (exact) mass is 1340 g/mol. The molecule has 0 aliphatic heterocycles. The van der Waals surface area contributed by atoms with E-state index in [0.717, 1.165) is 122 Å². The van der Waals surface area contributed by atoms with E-state index in [-0.39, 0.29) is 19.1 Å². The third-order valence-electron chi connectivity index (χ3n) is 17.3. The van der Waals surface area contributed by atoms with Gasteiger partial charge in [0.05, 0.1) is 39.9 Å². The van der Waals surface area contributed by atoms with Crippen molar-refractivity contribution in [3.8, 4) is 0 Å². The summed E-state index contributed by atoms with van der Waals surface area (Å²) >= 11 is 0. The average Bonchev–Trinajstić information content (AvgIpc) is 2.01. The second kappa shape index (κ2) is 74.6. The van der Waals surface area contributed by atoms with Crippen molar-refractivity contribution in [3.63, 3.8) is 0 Å². The number of hydrogen-bond acceptors (Lipinski definition) is 5. The Kier molecular flexibility index (Phi) is 71.8. The first-order chi connectivity index (χ1) is 46.5. The van der Waals surface area contributed by atoms with Gasteiger partial charge in [-0.2, -0.15) is 0 Å². The number of nitrogens with zero attached hydrogens (tertiary/aromatic N) is 1. The molecule has 8 nitrogen and oxygen atoms in total. The Labute approximate surface area is 589 Å². The molecule has 0 spiro atoms. The number of carbonyl (C=O) groups is 1. The van der Waals surface area contributed by atoms with Crippen molar-refractivity contribution in [2.75, 3.05) is 40.9 Å². The molecule has 0 aromatic carbocycles. The predicted octanol–water partition coefficient (Wildman–Crippen LogP) is 26.3. The van der Waals surface area contributed by atoms with Gasteiger partial charge in [0.1, 0.15) is 13.2 Å². The summed E-state index contributed by atoms with van der Waals surface area (Å²) in [7, 11) is 1.56. The van der Waals surface area contributed by atoms with E-state index in [4.69, 9.17) is 9.05 Å². The maximum atomic E-state index is 13.1. The Morgan fingerprint density at radius 2 is 0.632 bits per heavy atom. The van der Waals surface area contributed by atoms with E-state index in [1.165, 1.54) is 199 Å². The summed E-state index contributed by atoms with van der Waals surface area (Å²) in [5.74, 6) is -0.190. The van der Waals surface area contributed by atoms with Gasteiger partial charge in [0.25, 0.3) is 0 Å². The van der Waals surface area contributed by atoms with Gasteiger partial charge in [0.2, 0.25) is 5.91 Å². The van der Waals surface area contributed by atoms with Crippen LogP contribution in [0.25, 0.3) is 0 Å². The van der Waals surface area contributed by atoms with Crippen LogP contribution < -0.4 is 5.32 Å². The highest BCUT2D eigenvalue weighted by atomic mass is 31.2. The van der Waals surface area contributed by atoms with E-state index in [1.807, 2.05) is 27.2 Å². The Hall–Kier alpha value is -3.62. The number of hydrogen-bond donors (Lipinski definition) is 3. The number of carbonyl (C=O) groups excluding carboxylic acids is 1. The maximum Gasteiger partial charge on any atom is 0.472 e. The zero-order valence-electron chi connectivity index (χ0n) is 62.6. The second-order valence-corrected chi connectivity index (χ2v) is 29.2. The Bertz CT molecular complexity index is 2070. The van der Waals surface area contributed by atoms with Crippen LogP contribution >= 0.6 is 7.82 Å². The largest absolute Gasteiger partial charge is 0.472 e. The van der Waals surface area contributed by atoms with Crippen molar-refractivity contribution < 1.29 is 32.9 Å². The van der Waals surface area contributed by atoms with Crippen LogP contribution in [-0.2, 0) is 18.4 Å². The van der Waals surface area contributed by atoms with Crippen LogP contribution in [0.4, 0.5) is 0 Å². The molecule has 0 radical (unpaired) electrons. The molecule has 3 atom stereocenters. The van der Waals surface area contributed by atoms with Gasteiger partial charge in [0.15, 0.2) is 0 Å². The molecule has 3 unspecified atom stereocenters. The summed E-state index contributed by atoms with van der Waals surface area (Å²) in [5.41, 5.74) is 0. The van der Waals surface area contributed by atoms with Gasteiger partial charge in [0, 0.05) is 6.42 Å². The van der Waals surface area contributed by atoms with Crippen LogP contribution in [0.5, 0.6) is 0 Å². The molecule has 0 aliphatic rings. The number of rotatable bonds is 72. The van der Waals surface area contributed by atoms with Crippen molar-refractivity contribution >= 4 is 13.7 Å². The lowest BCUT2D eigenvalue weighted by molar-refractivity contribution is -0.870. The first kappa shape index (κ1) is 91.4. The zero-order chi connectivity index (χ0) is 69.0. The number of unbranched alkanes of at least 4 members (excludes halogenated alkanes) is 37. The SMILES string of the molecule is CC/C=C\C/C=C\C/C=C\C/C=C\C/C=C\C/C=C\C/C=C\C/C=C\C/C=C\C/C=C\C/C=C\CCCCCCCCCC(=O)NC(COP(=O)(O)OCC[N+](C)(C)C)C(O)/C=C/CCCCCCCCCCCCCCCCCCCCCCCCCCCCCCCC. The molecule has 546 valence electrons. The fraction of sp³-hybridized carbons (Fsp3) is 0.709. The molecule has 0 rings (SSSR count). The number of quaternary nitrogens is 1. The van der Waals surface area contributed by atoms with Gasteiger partial charge < -0.3 is 19.8 Å². The van der Waals surface area contributed by atoms with Crippen molar-refractivity contribution in [1.29, 1.82) is 0 Å². The minimum absolute atomic E-state index is 0.0528. The summed E-state index contributed by atoms with van der Waals surface area (Å²) in [4.78, 5) is 23.5. The third-order valence-corrected chi connectivity index (χ3v) is 18.3. The number of phosphoric acid groups is 1. The van der Waals surface area contributed by atoms with Crippen LogP contribution in [0, 0.1) is 0 Å². The first-order valence-corrected chi connectivity index (χ1v) is 41.2. The zero-order valence-corrected chi connectivity index (χ0v) is 63.5. The third kappa shape index (κ3) is 77.6. The molecule has 3 N–H and O–H groups in total. The van der Waals surface area contributed by atoms with Crippen LogP contribution in [0.2, 0.25) is 0 Å². The van der Waals surface area contributed by atoms with E-state index in [2.05, 4.69) is 153 Å².